The Labute approximate surface area is 157 Å². The summed E-state index contributed by atoms with van der Waals surface area (Å²) < 4.78 is 5.55. The molecule has 0 saturated carbocycles. The first-order chi connectivity index (χ1) is 12.0. The van der Waals surface area contributed by atoms with E-state index < -0.39 is 0 Å². The molecule has 1 aromatic carbocycles. The highest BCUT2D eigenvalue weighted by molar-refractivity contribution is 7.10. The summed E-state index contributed by atoms with van der Waals surface area (Å²) in [6.07, 6.45) is 1.76. The van der Waals surface area contributed by atoms with Gasteiger partial charge in [0.05, 0.1) is 5.51 Å². The van der Waals surface area contributed by atoms with Crippen LogP contribution in [0, 0.1) is 0 Å². The zero-order valence-corrected chi connectivity index (χ0v) is 16.1. The monoisotopic (exact) mass is 378 g/mol. The van der Waals surface area contributed by atoms with Crippen molar-refractivity contribution in [2.75, 3.05) is 19.8 Å². The summed E-state index contributed by atoms with van der Waals surface area (Å²) in [4.78, 5) is 18.0. The highest BCUT2D eigenvalue weighted by Gasteiger charge is 2.35. The number of nitrogens with one attached hydrogen (secondary N) is 1. The predicted octanol–water partition coefficient (Wildman–Crippen LogP) is 4.40. The molecule has 0 atom stereocenters. The molecular weight excluding hydrogens is 356 g/mol. The fourth-order valence-electron chi connectivity index (χ4n) is 3.30. The van der Waals surface area contributed by atoms with Gasteiger partial charge in [0, 0.05) is 35.1 Å². The summed E-state index contributed by atoms with van der Waals surface area (Å²) in [6.45, 7) is 6.14. The molecule has 0 spiro atoms. The Bertz CT molecular complexity index is 721. The van der Waals surface area contributed by atoms with Gasteiger partial charge >= 0.3 is 0 Å². The van der Waals surface area contributed by atoms with Crippen molar-refractivity contribution in [3.63, 3.8) is 0 Å². The second-order valence-corrected chi connectivity index (χ2v) is 8.12. The lowest BCUT2D eigenvalue weighted by Gasteiger charge is -2.38. The summed E-state index contributed by atoms with van der Waals surface area (Å²) in [5.41, 5.74) is 3.38. The number of rotatable bonds is 5. The van der Waals surface area contributed by atoms with E-state index >= 15 is 0 Å². The van der Waals surface area contributed by atoms with Crippen molar-refractivity contribution in [3.05, 3.63) is 50.9 Å². The molecule has 2 aromatic rings. The summed E-state index contributed by atoms with van der Waals surface area (Å²) in [5, 5.41) is 3.84. The highest BCUT2D eigenvalue weighted by Crippen LogP contribution is 2.35. The molecule has 1 aromatic heterocycles. The van der Waals surface area contributed by atoms with E-state index in [0.717, 1.165) is 22.7 Å². The van der Waals surface area contributed by atoms with Crippen molar-refractivity contribution in [1.82, 2.24) is 10.3 Å². The highest BCUT2D eigenvalue weighted by atomic mass is 35.5. The molecule has 0 aliphatic carbocycles. The van der Waals surface area contributed by atoms with Crippen molar-refractivity contribution in [3.8, 4) is 0 Å². The Morgan fingerprint density at radius 3 is 2.64 bits per heavy atom. The van der Waals surface area contributed by atoms with E-state index in [4.69, 9.17) is 16.3 Å². The van der Waals surface area contributed by atoms with E-state index in [1.165, 1.54) is 16.9 Å². The van der Waals surface area contributed by atoms with Crippen LogP contribution in [0.4, 0.5) is 0 Å². The summed E-state index contributed by atoms with van der Waals surface area (Å²) in [7, 11) is 0. The standard InChI is InChI=1S/C19H23ClN2O2S/c1-13(2)17-16(22-12-25-17)18(23)21-11-19(7-9-24-10-8-19)14-3-5-15(20)6-4-14/h3-6,12-13H,7-11H2,1-2H3,(H,21,23). The van der Waals surface area contributed by atoms with E-state index in [1.54, 1.807) is 5.51 Å². The smallest absolute Gasteiger partial charge is 0.271 e. The fraction of sp³-hybridized carbons (Fsp3) is 0.474. The lowest BCUT2D eigenvalue weighted by atomic mass is 9.74. The largest absolute Gasteiger partial charge is 0.381 e. The number of ether oxygens (including phenoxy) is 1. The Morgan fingerprint density at radius 1 is 1.32 bits per heavy atom. The van der Waals surface area contributed by atoms with Crippen LogP contribution in [-0.4, -0.2) is 30.6 Å². The number of nitrogens with zero attached hydrogens (tertiary/aromatic N) is 1. The minimum Gasteiger partial charge on any atom is -0.381 e. The summed E-state index contributed by atoms with van der Waals surface area (Å²) >= 11 is 7.57. The minimum atomic E-state index is -0.119. The number of carbonyl (C=O) groups excluding carboxylic acids is 1. The molecule has 0 bridgehead atoms. The molecule has 1 saturated heterocycles. The Kier molecular flexibility index (Phi) is 5.77. The number of hydrogen-bond donors (Lipinski definition) is 1. The zero-order valence-electron chi connectivity index (χ0n) is 14.5. The maximum atomic E-state index is 12.7. The maximum absolute atomic E-state index is 12.7. The van der Waals surface area contributed by atoms with Gasteiger partial charge in [-0.05, 0) is 36.5 Å². The average molecular weight is 379 g/mol. The Morgan fingerprint density at radius 2 is 2.00 bits per heavy atom. The van der Waals surface area contributed by atoms with Crippen LogP contribution in [0.1, 0.15) is 53.5 Å². The third-order valence-electron chi connectivity index (χ3n) is 4.83. The summed E-state index contributed by atoms with van der Waals surface area (Å²) in [6, 6.07) is 7.94. The second kappa shape index (κ2) is 7.85. The predicted molar refractivity (Wildman–Crippen MR) is 102 cm³/mol. The van der Waals surface area contributed by atoms with Crippen molar-refractivity contribution in [1.29, 1.82) is 0 Å². The van der Waals surface area contributed by atoms with Crippen molar-refractivity contribution < 1.29 is 9.53 Å². The number of halogens is 1. The van der Waals surface area contributed by atoms with Gasteiger partial charge in [0.1, 0.15) is 5.69 Å². The maximum Gasteiger partial charge on any atom is 0.271 e. The van der Waals surface area contributed by atoms with Crippen LogP contribution in [0.3, 0.4) is 0 Å². The number of thiazole rings is 1. The van der Waals surface area contributed by atoms with Crippen LogP contribution >= 0.6 is 22.9 Å². The zero-order chi connectivity index (χ0) is 17.9. The SMILES string of the molecule is CC(C)c1scnc1C(=O)NCC1(c2ccc(Cl)cc2)CCOCC1. The molecule has 134 valence electrons. The summed E-state index contributed by atoms with van der Waals surface area (Å²) in [5.74, 6) is 0.200. The van der Waals surface area contributed by atoms with Crippen LogP contribution < -0.4 is 5.32 Å². The topological polar surface area (TPSA) is 51.2 Å². The molecule has 1 amide bonds. The first kappa shape index (κ1) is 18.4. The van der Waals surface area contributed by atoms with E-state index in [0.29, 0.717) is 31.4 Å². The third kappa shape index (κ3) is 4.05. The first-order valence-corrected chi connectivity index (χ1v) is 9.83. The van der Waals surface area contributed by atoms with Gasteiger partial charge in [-0.2, -0.15) is 0 Å². The lowest BCUT2D eigenvalue weighted by Crippen LogP contribution is -2.44. The van der Waals surface area contributed by atoms with Gasteiger partial charge in [-0.3, -0.25) is 4.79 Å². The van der Waals surface area contributed by atoms with Crippen molar-refractivity contribution in [2.45, 2.75) is 38.0 Å². The van der Waals surface area contributed by atoms with Gasteiger partial charge in [-0.25, -0.2) is 4.98 Å². The van der Waals surface area contributed by atoms with E-state index in [9.17, 15) is 4.79 Å². The molecule has 6 heteroatoms. The van der Waals surface area contributed by atoms with Gasteiger partial charge in [0.15, 0.2) is 0 Å². The van der Waals surface area contributed by atoms with Crippen molar-refractivity contribution in [2.24, 2.45) is 0 Å². The molecule has 1 N–H and O–H groups in total. The van der Waals surface area contributed by atoms with Gasteiger partial charge in [-0.15, -0.1) is 11.3 Å². The van der Waals surface area contributed by atoms with Crippen LogP contribution in [-0.2, 0) is 10.2 Å². The van der Waals surface area contributed by atoms with Gasteiger partial charge in [0.2, 0.25) is 0 Å². The first-order valence-electron chi connectivity index (χ1n) is 8.57. The quantitative estimate of drug-likeness (QED) is 0.838. The van der Waals surface area contributed by atoms with E-state index in [2.05, 4.69) is 36.3 Å². The minimum absolute atomic E-state index is 0.0928. The normalized spacial score (nSPS) is 16.8. The molecule has 25 heavy (non-hydrogen) atoms. The number of benzene rings is 1. The van der Waals surface area contributed by atoms with Crippen molar-refractivity contribution >= 4 is 28.8 Å². The average Bonchev–Trinajstić information content (AvgIpc) is 3.11. The van der Waals surface area contributed by atoms with E-state index in [-0.39, 0.29) is 11.3 Å². The van der Waals surface area contributed by atoms with Crippen LogP contribution in [0.2, 0.25) is 5.02 Å². The molecule has 3 rings (SSSR count). The number of amides is 1. The number of aromatic nitrogens is 1. The third-order valence-corrected chi connectivity index (χ3v) is 6.21. The molecule has 1 aliphatic heterocycles. The molecule has 1 fully saturated rings. The van der Waals surface area contributed by atoms with Gasteiger partial charge < -0.3 is 10.1 Å². The molecule has 4 nitrogen and oxygen atoms in total. The Hall–Kier alpha value is -1.43. The molecule has 0 unspecified atom stereocenters. The lowest BCUT2D eigenvalue weighted by molar-refractivity contribution is 0.0486. The molecule has 2 heterocycles. The van der Waals surface area contributed by atoms with Gasteiger partial charge in [-0.1, -0.05) is 37.6 Å². The van der Waals surface area contributed by atoms with Crippen LogP contribution in [0.5, 0.6) is 0 Å². The van der Waals surface area contributed by atoms with Gasteiger partial charge in [0.25, 0.3) is 5.91 Å². The molecule has 0 radical (unpaired) electrons. The molecular formula is C19H23ClN2O2S. The van der Waals surface area contributed by atoms with Crippen LogP contribution in [0.15, 0.2) is 29.8 Å². The fourth-order valence-corrected chi connectivity index (χ4v) is 4.23. The van der Waals surface area contributed by atoms with Crippen LogP contribution in [0.25, 0.3) is 0 Å². The van der Waals surface area contributed by atoms with E-state index in [1.807, 2.05) is 12.1 Å². The second-order valence-electron chi connectivity index (χ2n) is 6.80. The molecule has 1 aliphatic rings. The number of hydrogen-bond acceptors (Lipinski definition) is 4. The number of carbonyl (C=O) groups is 1. The Balaban J connectivity index is 1.78.